The Balaban J connectivity index is 2.11. The van der Waals surface area contributed by atoms with Crippen LogP contribution in [0.4, 0.5) is 0 Å². The molecule has 0 amide bonds. The Labute approximate surface area is 114 Å². The molecule has 1 aliphatic rings. The summed E-state index contributed by atoms with van der Waals surface area (Å²) in [4.78, 5) is 4.22. The van der Waals surface area contributed by atoms with Crippen molar-refractivity contribution in [3.8, 4) is 0 Å². The van der Waals surface area contributed by atoms with Crippen molar-refractivity contribution < 1.29 is 8.42 Å². The minimum Gasteiger partial charge on any atom is -0.249 e. The average molecular weight is 339 g/mol. The summed E-state index contributed by atoms with van der Waals surface area (Å²) >= 11 is 4.75. The quantitative estimate of drug-likeness (QED) is 0.861. The third kappa shape index (κ3) is 3.27. The summed E-state index contributed by atoms with van der Waals surface area (Å²) in [5.74, 6) is 0. The predicted octanol–water partition coefficient (Wildman–Crippen LogP) is 2.44. The largest absolute Gasteiger partial charge is 0.251 e. The van der Waals surface area contributed by atoms with Crippen molar-refractivity contribution in [1.29, 1.82) is 0 Å². The molecule has 0 spiro atoms. The van der Waals surface area contributed by atoms with Crippen molar-refractivity contribution in [3.63, 3.8) is 0 Å². The van der Waals surface area contributed by atoms with E-state index in [0.29, 0.717) is 4.21 Å². The van der Waals surface area contributed by atoms with E-state index in [9.17, 15) is 8.42 Å². The number of aryl methyl sites for hydroxylation is 1. The first kappa shape index (κ1) is 13.5. The third-order valence-corrected chi connectivity index (χ3v) is 6.81. The van der Waals surface area contributed by atoms with Crippen LogP contribution in [0.5, 0.6) is 0 Å². The van der Waals surface area contributed by atoms with E-state index < -0.39 is 10.0 Å². The number of nitrogens with one attached hydrogen (secondary N) is 1. The highest BCUT2D eigenvalue weighted by Gasteiger charge is 2.28. The van der Waals surface area contributed by atoms with Crippen molar-refractivity contribution in [1.82, 2.24) is 9.71 Å². The number of halogens is 1. The van der Waals surface area contributed by atoms with Crippen molar-refractivity contribution in [2.45, 2.75) is 47.7 Å². The van der Waals surface area contributed by atoms with Crippen molar-refractivity contribution >= 4 is 37.3 Å². The number of alkyl halides is 1. The van der Waals surface area contributed by atoms with Gasteiger partial charge in [0, 0.05) is 10.9 Å². The second-order valence-corrected chi connectivity index (χ2v) is 8.58. The summed E-state index contributed by atoms with van der Waals surface area (Å²) in [5.41, 5.74) is 0. The normalized spacial score (nSPS) is 26.0. The topological polar surface area (TPSA) is 59.1 Å². The maximum Gasteiger partial charge on any atom is 0.251 e. The molecule has 2 unspecified atom stereocenters. The number of hydrogen-bond donors (Lipinski definition) is 1. The average Bonchev–Trinajstić information content (AvgIpc) is 2.69. The van der Waals surface area contributed by atoms with Crippen LogP contribution in [0.3, 0.4) is 0 Å². The Morgan fingerprint density at radius 1 is 1.47 bits per heavy atom. The van der Waals surface area contributed by atoms with Gasteiger partial charge in [-0.2, -0.15) is 0 Å². The van der Waals surface area contributed by atoms with E-state index in [1.54, 1.807) is 6.92 Å². The van der Waals surface area contributed by atoms with Crippen LogP contribution in [0.15, 0.2) is 10.4 Å². The summed E-state index contributed by atoms with van der Waals surface area (Å²) in [6.45, 7) is 1.80. The molecular formula is C10H15BrN2O2S2. The van der Waals surface area contributed by atoms with Gasteiger partial charge in [-0.15, -0.1) is 11.3 Å². The Hall–Kier alpha value is 0.0200. The van der Waals surface area contributed by atoms with E-state index in [2.05, 4.69) is 25.6 Å². The van der Waals surface area contributed by atoms with Gasteiger partial charge < -0.3 is 0 Å². The Morgan fingerprint density at radius 3 is 2.76 bits per heavy atom. The number of nitrogens with zero attached hydrogens (tertiary/aromatic N) is 1. The number of rotatable bonds is 3. The lowest BCUT2D eigenvalue weighted by molar-refractivity contribution is 0.427. The lowest BCUT2D eigenvalue weighted by Crippen LogP contribution is -2.42. The highest BCUT2D eigenvalue weighted by Crippen LogP contribution is 2.26. The lowest BCUT2D eigenvalue weighted by atomic mass is 9.96. The summed E-state index contributed by atoms with van der Waals surface area (Å²) in [6.07, 6.45) is 5.58. The Bertz CT molecular complexity index is 486. The second kappa shape index (κ2) is 5.34. The first-order valence-electron chi connectivity index (χ1n) is 5.58. The summed E-state index contributed by atoms with van der Waals surface area (Å²) in [7, 11) is -3.40. The van der Waals surface area contributed by atoms with Crippen molar-refractivity contribution in [3.05, 3.63) is 11.2 Å². The van der Waals surface area contributed by atoms with Crippen LogP contribution in [0.1, 0.15) is 30.7 Å². The fraction of sp³-hybridized carbons (Fsp3) is 0.700. The van der Waals surface area contributed by atoms with Crippen LogP contribution in [0, 0.1) is 6.92 Å². The molecule has 1 aliphatic carbocycles. The fourth-order valence-electron chi connectivity index (χ4n) is 1.94. The van der Waals surface area contributed by atoms with Crippen molar-refractivity contribution in [2.75, 3.05) is 0 Å². The molecule has 17 heavy (non-hydrogen) atoms. The van der Waals surface area contributed by atoms with Crippen molar-refractivity contribution in [2.24, 2.45) is 0 Å². The van der Waals surface area contributed by atoms with E-state index in [0.717, 1.165) is 30.7 Å². The fourth-order valence-corrected chi connectivity index (χ4v) is 5.27. The van der Waals surface area contributed by atoms with Gasteiger partial charge in [0.05, 0.1) is 11.2 Å². The SMILES string of the molecule is Cc1ncc(S(=O)(=O)NC2CCCCC2Br)s1. The molecule has 0 aromatic carbocycles. The van der Waals surface area contributed by atoms with E-state index in [1.165, 1.54) is 17.5 Å². The third-order valence-electron chi connectivity index (χ3n) is 2.85. The van der Waals surface area contributed by atoms with Gasteiger partial charge in [0.1, 0.15) is 0 Å². The molecular weight excluding hydrogens is 324 g/mol. The van der Waals surface area contributed by atoms with Gasteiger partial charge >= 0.3 is 0 Å². The van der Waals surface area contributed by atoms with Crippen LogP contribution in [-0.2, 0) is 10.0 Å². The molecule has 1 saturated carbocycles. The number of aromatic nitrogens is 1. The molecule has 0 radical (unpaired) electrons. The zero-order valence-corrected chi connectivity index (χ0v) is 12.7. The molecule has 4 nitrogen and oxygen atoms in total. The maximum absolute atomic E-state index is 12.1. The van der Waals surface area contributed by atoms with Gasteiger partial charge in [-0.1, -0.05) is 28.8 Å². The molecule has 0 aliphatic heterocycles. The minimum atomic E-state index is -3.40. The summed E-state index contributed by atoms with van der Waals surface area (Å²) in [5, 5.41) is 0.768. The number of thiazole rings is 1. The predicted molar refractivity (Wildman–Crippen MR) is 72.1 cm³/mol. The molecule has 0 bridgehead atoms. The molecule has 2 rings (SSSR count). The van der Waals surface area contributed by atoms with Crippen LogP contribution in [0.25, 0.3) is 0 Å². The second-order valence-electron chi connectivity index (χ2n) is 4.23. The Kier molecular flexibility index (Phi) is 4.22. The van der Waals surface area contributed by atoms with Crippen LogP contribution in [-0.4, -0.2) is 24.3 Å². The summed E-state index contributed by atoms with van der Waals surface area (Å²) < 4.78 is 27.3. The molecule has 1 aromatic heterocycles. The molecule has 7 heteroatoms. The first-order valence-corrected chi connectivity index (χ1v) is 8.79. The first-order chi connectivity index (χ1) is 7.99. The van der Waals surface area contributed by atoms with Gasteiger partial charge in [0.15, 0.2) is 4.21 Å². The molecule has 1 N–H and O–H groups in total. The molecule has 96 valence electrons. The number of hydrogen-bond acceptors (Lipinski definition) is 4. The minimum absolute atomic E-state index is 0.00356. The van der Waals surface area contributed by atoms with Crippen LogP contribution < -0.4 is 4.72 Å². The lowest BCUT2D eigenvalue weighted by Gasteiger charge is -2.27. The molecule has 1 fully saturated rings. The van der Waals surface area contributed by atoms with Gasteiger partial charge in [-0.3, -0.25) is 0 Å². The zero-order chi connectivity index (χ0) is 12.5. The molecule has 1 aromatic rings. The molecule has 1 heterocycles. The summed E-state index contributed by atoms with van der Waals surface area (Å²) in [6, 6.07) is -0.00356. The Morgan fingerprint density at radius 2 is 2.18 bits per heavy atom. The van der Waals surface area contributed by atoms with E-state index in [1.807, 2.05) is 0 Å². The van der Waals surface area contributed by atoms with Gasteiger partial charge in [-0.25, -0.2) is 18.1 Å². The van der Waals surface area contributed by atoms with Gasteiger partial charge in [0.25, 0.3) is 10.0 Å². The highest BCUT2D eigenvalue weighted by atomic mass is 79.9. The zero-order valence-electron chi connectivity index (χ0n) is 9.52. The molecule has 2 atom stereocenters. The van der Waals surface area contributed by atoms with Gasteiger partial charge in [-0.05, 0) is 19.8 Å². The molecule has 0 saturated heterocycles. The number of sulfonamides is 1. The van der Waals surface area contributed by atoms with Gasteiger partial charge in [0.2, 0.25) is 0 Å². The van der Waals surface area contributed by atoms with Crippen LogP contribution >= 0.6 is 27.3 Å². The monoisotopic (exact) mass is 338 g/mol. The smallest absolute Gasteiger partial charge is 0.249 e. The van der Waals surface area contributed by atoms with E-state index in [4.69, 9.17) is 0 Å². The highest BCUT2D eigenvalue weighted by molar-refractivity contribution is 9.09. The maximum atomic E-state index is 12.1. The van der Waals surface area contributed by atoms with E-state index >= 15 is 0 Å². The van der Waals surface area contributed by atoms with Crippen LogP contribution in [0.2, 0.25) is 0 Å². The van der Waals surface area contributed by atoms with E-state index in [-0.39, 0.29) is 10.9 Å². The standard InChI is InChI=1S/C10H15BrN2O2S2/c1-7-12-6-10(16-7)17(14,15)13-9-5-3-2-4-8(9)11/h6,8-9,13H,2-5H2,1H3.